The van der Waals surface area contributed by atoms with Gasteiger partial charge in [0, 0.05) is 117 Å². The van der Waals surface area contributed by atoms with Crippen LogP contribution in [0.2, 0.25) is 0 Å². The molecule has 720 valence electrons. The number of rotatable bonds is 57. The standard InChI is InChI=1S/C75H122N12O38P2/c1-40(2)126(109,110)119-34-54-50(28-59(121-54)87-39-81-63-70(76)79-38-80-71(63)87)125-127(111,112)120-33-44-27-49(98)29-86(44)58(102)10-9-57(101)85-75(35-113-21-13-45(94)7-6-8-46(95)15-24-116-72-60(82-41(3)91)67(106)64(103)51(30-88)122-72,36-114-22-14-47(96)11-19-78-56(100)18-26-118-74-62(84-43(5)93)69(108)66(105)53(32-90)124-74)37-115-23-17-55(99)77-20-12-48(97)16-25-117-73-61(83-42(4)92)68(107)65(104)52(31-89)123-73/h38-40,44,49-54,59-62,64-69,72-74,88-90,98,103-108H,6-37H2,1-5H3,(H,77,99)(H,78,100)(H,82,91)(H,83,92)(H,84,93)(H,85,101)(H,109,110)(H,111,112)(H2,76,79,80)/t44-,49+,50-,51?,52?,53?,54+,59+,60?,61?,62?,64-,65-,66-,67+,68+,69+,72+,73+,74+,75?/m0/s1. The highest BCUT2D eigenvalue weighted by Crippen LogP contribution is 2.52. The number of likely N-dealkylation sites (tertiary alicyclic amines) is 1. The Morgan fingerprint density at radius 1 is 0.528 bits per heavy atom. The molecule has 0 radical (unpaired) electrons. The van der Waals surface area contributed by atoms with Crippen LogP contribution in [0.25, 0.3) is 11.2 Å². The number of ketones is 4. The van der Waals surface area contributed by atoms with E-state index in [1.807, 2.05) is 0 Å². The lowest BCUT2D eigenvalue weighted by atomic mass is 9.97. The number of Topliss-reactive ketones (excluding diaryl/α,β-unsaturated/α-hetero) is 4. The monoisotopic (exact) mass is 1860 g/mol. The lowest BCUT2D eigenvalue weighted by Crippen LogP contribution is -2.64. The zero-order chi connectivity index (χ0) is 93.5. The molecule has 0 bridgehead atoms. The van der Waals surface area contributed by atoms with Crippen molar-refractivity contribution in [3.63, 3.8) is 0 Å². The topological polar surface area (TPSA) is 730 Å². The lowest BCUT2D eigenvalue weighted by molar-refractivity contribution is -0.270. The number of hydrogen-bond acceptors (Lipinski definition) is 40. The fourth-order valence-electron chi connectivity index (χ4n) is 14.1. The summed E-state index contributed by atoms with van der Waals surface area (Å²) in [5.41, 5.74) is 3.73. The van der Waals surface area contributed by atoms with Crippen molar-refractivity contribution in [3.8, 4) is 0 Å². The molecule has 5 aliphatic heterocycles. The third-order valence-corrected chi connectivity index (χ3v) is 23.9. The number of amides is 7. The van der Waals surface area contributed by atoms with Gasteiger partial charge in [-0.3, -0.25) is 70.9 Å². The van der Waals surface area contributed by atoms with E-state index in [1.54, 1.807) is 0 Å². The summed E-state index contributed by atoms with van der Waals surface area (Å²) >= 11 is 0. The minimum Gasteiger partial charge on any atom is -0.394 e. The van der Waals surface area contributed by atoms with Gasteiger partial charge >= 0.3 is 15.4 Å². The average molecular weight is 1860 g/mol. The van der Waals surface area contributed by atoms with E-state index in [-0.39, 0.29) is 165 Å². The normalized spacial score (nSPS) is 28.1. The van der Waals surface area contributed by atoms with Gasteiger partial charge in [0.2, 0.25) is 41.4 Å². The SMILES string of the molecule is CC(=O)NC1[C@H](OCCC(=O)CCCC(=O)CCOCC(COCCC(=O)CCNC(=O)CCO[C@@H]2OC(CO)[C@H](O)[C@H](O)C2NC(C)=O)(COCCC(=O)NCCC(=O)CCO[C@@H]2OC(CO)[C@H](O)[C@H](O)C2NC(C)=O)NC(=O)CCC(=O)N2C[C@H](O)C[C@H]2COP(=O)(O)O[C@H]2C[C@H](n3cnc4c(N)ncnc43)O[C@@H]2COP(=O)(O)C(C)C)OC(CO)[C@H](O)[C@@H]1O. The zero-order valence-electron chi connectivity index (χ0n) is 71.1. The van der Waals surface area contributed by atoms with Gasteiger partial charge in [0.05, 0.1) is 123 Å². The first-order valence-electron chi connectivity index (χ1n) is 41.5. The highest BCUT2D eigenvalue weighted by molar-refractivity contribution is 7.53. The number of anilines is 1. The van der Waals surface area contributed by atoms with Gasteiger partial charge in [-0.25, -0.2) is 19.5 Å². The summed E-state index contributed by atoms with van der Waals surface area (Å²) in [7, 11) is -9.43. The fraction of sp³-hybridized carbons (Fsp3) is 0.787. The van der Waals surface area contributed by atoms with Gasteiger partial charge < -0.3 is 155 Å². The van der Waals surface area contributed by atoms with Crippen LogP contribution in [-0.2, 0) is 123 Å². The molecule has 0 saturated carbocycles. The van der Waals surface area contributed by atoms with Crippen LogP contribution >= 0.6 is 15.4 Å². The highest BCUT2D eigenvalue weighted by Gasteiger charge is 2.50. The maximum Gasteiger partial charge on any atom is 0.472 e. The van der Waals surface area contributed by atoms with E-state index in [0.29, 0.717) is 0 Å². The van der Waals surface area contributed by atoms with Gasteiger partial charge in [-0.05, 0) is 12.8 Å². The fourth-order valence-corrected chi connectivity index (χ4v) is 15.7. The van der Waals surface area contributed by atoms with E-state index < -0.39 is 274 Å². The van der Waals surface area contributed by atoms with Crippen LogP contribution < -0.4 is 37.6 Å². The Labute approximate surface area is 729 Å². The Morgan fingerprint density at radius 2 is 0.969 bits per heavy atom. The summed E-state index contributed by atoms with van der Waals surface area (Å²) in [6.07, 6.45) is -23.9. The van der Waals surface area contributed by atoms with Gasteiger partial charge in [0.1, 0.15) is 132 Å². The predicted molar refractivity (Wildman–Crippen MR) is 429 cm³/mol. The van der Waals surface area contributed by atoms with E-state index in [1.165, 1.54) is 31.1 Å². The van der Waals surface area contributed by atoms with Crippen molar-refractivity contribution in [2.24, 2.45) is 0 Å². The number of β-amino-alcohol motifs (C(OH)–C–C–N with tert-alkyl or cyclic N) is 1. The third-order valence-electron chi connectivity index (χ3n) is 21.0. The van der Waals surface area contributed by atoms with E-state index >= 15 is 0 Å². The van der Waals surface area contributed by atoms with Crippen LogP contribution in [0.4, 0.5) is 5.82 Å². The molecule has 2 aromatic heterocycles. The van der Waals surface area contributed by atoms with E-state index in [9.17, 15) is 123 Å². The average Bonchev–Trinajstić information content (AvgIpc) is 1.67. The summed E-state index contributed by atoms with van der Waals surface area (Å²) in [6, 6.07) is -4.92. The summed E-state index contributed by atoms with van der Waals surface area (Å²) in [5.74, 6) is -6.23. The number of aliphatic hydroxyl groups is 10. The number of aliphatic hydroxyl groups excluding tert-OH is 10. The number of nitrogens with two attached hydrogens (primary N) is 1. The first kappa shape index (κ1) is 107. The number of aromatic nitrogens is 4. The van der Waals surface area contributed by atoms with E-state index in [0.717, 1.165) is 25.7 Å². The maximum absolute atomic E-state index is 14.5. The number of nitrogens with zero attached hydrogens (tertiary/aromatic N) is 5. The number of phosphoric acid groups is 1. The number of carbonyl (C=O) groups excluding carboxylic acids is 11. The minimum absolute atomic E-state index is 0.0347. The number of ether oxygens (including phenoxy) is 10. The second-order valence-corrected chi connectivity index (χ2v) is 35.3. The molecule has 7 amide bonds. The molecule has 5 fully saturated rings. The maximum atomic E-state index is 14.5. The molecule has 5 saturated heterocycles. The number of imidazole rings is 1. The summed E-state index contributed by atoms with van der Waals surface area (Å²) < 4.78 is 102. The van der Waals surface area contributed by atoms with Crippen molar-refractivity contribution >= 4 is 96.9 Å². The number of nitrogens with one attached hydrogen (secondary N) is 6. The molecule has 7 rings (SSSR count). The molecule has 50 nitrogen and oxygen atoms in total. The molecule has 127 heavy (non-hydrogen) atoms. The number of phosphoric ester groups is 1. The number of hydrogen-bond donors (Lipinski definition) is 19. The lowest BCUT2D eigenvalue weighted by Gasteiger charge is -2.42. The number of carbonyl (C=O) groups is 11. The van der Waals surface area contributed by atoms with Crippen LogP contribution in [0.3, 0.4) is 0 Å². The first-order chi connectivity index (χ1) is 60.2. The molecule has 0 spiro atoms. The Hall–Kier alpha value is -7.22. The van der Waals surface area contributed by atoms with Crippen LogP contribution in [0, 0.1) is 0 Å². The van der Waals surface area contributed by atoms with Crippen LogP contribution in [0.1, 0.15) is 137 Å². The first-order valence-corrected chi connectivity index (χ1v) is 44.7. The second kappa shape index (κ2) is 52.1. The molecular weight excluding hydrogens is 1740 g/mol. The van der Waals surface area contributed by atoms with Gasteiger partial charge in [-0.1, -0.05) is 13.8 Å². The second-order valence-electron chi connectivity index (χ2n) is 31.5. The molecule has 0 aromatic carbocycles. The van der Waals surface area contributed by atoms with Gasteiger partial charge in [0.25, 0.3) is 0 Å². The van der Waals surface area contributed by atoms with Crippen molar-refractivity contribution in [2.45, 2.75) is 265 Å². The summed E-state index contributed by atoms with van der Waals surface area (Å²) in [6.45, 7) is -1.52. The zero-order valence-corrected chi connectivity index (χ0v) is 72.9. The highest BCUT2D eigenvalue weighted by atomic mass is 31.2. The van der Waals surface area contributed by atoms with E-state index in [2.05, 4.69) is 46.9 Å². The van der Waals surface area contributed by atoms with Crippen LogP contribution in [0.5, 0.6) is 0 Å². The molecular formula is C75H122N12O38P2. The van der Waals surface area contributed by atoms with Crippen molar-refractivity contribution in [3.05, 3.63) is 12.7 Å². The number of nitrogen functional groups attached to an aromatic ring is 1. The van der Waals surface area contributed by atoms with Gasteiger partial charge in [-0.2, -0.15) is 0 Å². The molecule has 2 aromatic rings. The Morgan fingerprint density at radius 3 is 1.43 bits per heavy atom. The third kappa shape index (κ3) is 33.8. The molecule has 23 atom stereocenters. The van der Waals surface area contributed by atoms with Gasteiger partial charge in [-0.15, -0.1) is 0 Å². The number of fused-ring (bicyclic) bond motifs is 1. The smallest absolute Gasteiger partial charge is 0.394 e. The molecule has 0 aliphatic carbocycles. The predicted octanol–water partition coefficient (Wildman–Crippen LogP) is -6.86. The van der Waals surface area contributed by atoms with Crippen LogP contribution in [-0.4, -0.2) is 389 Å². The molecule has 52 heteroatoms. The minimum atomic E-state index is -5.19. The Bertz CT molecular complexity index is 3800. The van der Waals surface area contributed by atoms with Crippen molar-refractivity contribution in [2.75, 3.05) is 118 Å². The molecule has 5 aliphatic rings. The van der Waals surface area contributed by atoms with Gasteiger partial charge in [0.15, 0.2) is 30.3 Å². The van der Waals surface area contributed by atoms with Crippen molar-refractivity contribution in [1.82, 2.24) is 56.3 Å². The summed E-state index contributed by atoms with van der Waals surface area (Å²) in [5, 5.41) is 118. The Balaban J connectivity index is 1.01. The Kier molecular flexibility index (Phi) is 43.8. The molecule has 20 N–H and O–H groups in total. The molecule has 9 unspecified atom stereocenters. The largest absolute Gasteiger partial charge is 0.472 e. The molecule has 7 heterocycles. The van der Waals surface area contributed by atoms with E-state index in [4.69, 9.17) is 66.7 Å². The quantitative estimate of drug-likeness (QED) is 0.0216. The van der Waals surface area contributed by atoms with Crippen molar-refractivity contribution in [1.29, 1.82) is 0 Å². The van der Waals surface area contributed by atoms with Crippen molar-refractivity contribution < 1.29 is 184 Å². The summed E-state index contributed by atoms with van der Waals surface area (Å²) in [4.78, 5) is 179. The van der Waals surface area contributed by atoms with Crippen LogP contribution in [0.15, 0.2) is 12.7 Å².